The van der Waals surface area contributed by atoms with Crippen LogP contribution in [0.5, 0.6) is 0 Å². The number of hydrogen-bond donors (Lipinski definition) is 2. The van der Waals surface area contributed by atoms with Crippen LogP contribution >= 0.6 is 0 Å². The summed E-state index contributed by atoms with van der Waals surface area (Å²) in [6, 6.07) is 0.613. The molecule has 0 amide bonds. The van der Waals surface area contributed by atoms with Crippen molar-refractivity contribution in [1.82, 2.24) is 15.5 Å². The molecule has 1 atom stereocenters. The lowest BCUT2D eigenvalue weighted by molar-refractivity contribution is -0.0320. The van der Waals surface area contributed by atoms with Gasteiger partial charge in [0.15, 0.2) is 5.96 Å². The summed E-state index contributed by atoms with van der Waals surface area (Å²) in [5.41, 5.74) is 0. The zero-order valence-corrected chi connectivity index (χ0v) is 15.6. The molecule has 6 heteroatoms. The Labute approximate surface area is 147 Å². The smallest absolute Gasteiger partial charge is 0.191 e. The van der Waals surface area contributed by atoms with Crippen LogP contribution in [0.15, 0.2) is 4.99 Å². The number of likely N-dealkylation sites (tertiary alicyclic amines) is 1. The third-order valence-electron chi connectivity index (χ3n) is 4.85. The summed E-state index contributed by atoms with van der Waals surface area (Å²) >= 11 is 0. The molecule has 6 nitrogen and oxygen atoms in total. The van der Waals surface area contributed by atoms with E-state index in [9.17, 15) is 0 Å². The third kappa shape index (κ3) is 6.95. The van der Waals surface area contributed by atoms with Gasteiger partial charge in [-0.15, -0.1) is 0 Å². The molecule has 140 valence electrons. The van der Waals surface area contributed by atoms with Crippen LogP contribution in [0.1, 0.15) is 46.0 Å². The molecule has 2 heterocycles. The van der Waals surface area contributed by atoms with Gasteiger partial charge in [-0.3, -0.25) is 9.89 Å². The highest BCUT2D eigenvalue weighted by Gasteiger charge is 2.22. The fourth-order valence-corrected chi connectivity index (χ4v) is 3.43. The lowest BCUT2D eigenvalue weighted by Gasteiger charge is -2.22. The minimum atomic E-state index is 0.392. The summed E-state index contributed by atoms with van der Waals surface area (Å²) in [6.45, 7) is 11.9. The van der Waals surface area contributed by atoms with Gasteiger partial charge in [-0.1, -0.05) is 6.92 Å². The molecule has 0 radical (unpaired) electrons. The van der Waals surface area contributed by atoms with Crippen molar-refractivity contribution in [3.05, 3.63) is 0 Å². The predicted molar refractivity (Wildman–Crippen MR) is 98.7 cm³/mol. The standard InChI is InChI=1S/C18H36N4O2/c1-3-19-18(21-15-16-7-5-11-22(16)4-2)20-10-6-12-24-17-8-13-23-14-9-17/h16-17H,3-15H2,1-2H3,(H2,19,20,21). The van der Waals surface area contributed by atoms with Gasteiger partial charge in [0.25, 0.3) is 0 Å². The number of guanidine groups is 1. The highest BCUT2D eigenvalue weighted by atomic mass is 16.5. The summed E-state index contributed by atoms with van der Waals surface area (Å²) in [4.78, 5) is 7.31. The number of nitrogens with zero attached hydrogens (tertiary/aromatic N) is 2. The van der Waals surface area contributed by atoms with Gasteiger partial charge in [-0.05, 0) is 52.1 Å². The van der Waals surface area contributed by atoms with Crippen LogP contribution in [0.2, 0.25) is 0 Å². The second-order valence-corrected chi connectivity index (χ2v) is 6.61. The fraction of sp³-hybridized carbons (Fsp3) is 0.944. The van der Waals surface area contributed by atoms with Crippen molar-refractivity contribution in [3.63, 3.8) is 0 Å². The van der Waals surface area contributed by atoms with Gasteiger partial charge in [-0.25, -0.2) is 0 Å². The molecular formula is C18H36N4O2. The molecule has 2 aliphatic heterocycles. The maximum atomic E-state index is 5.91. The molecule has 0 saturated carbocycles. The van der Waals surface area contributed by atoms with E-state index in [2.05, 4.69) is 29.4 Å². The van der Waals surface area contributed by atoms with E-state index in [0.717, 1.165) is 71.2 Å². The van der Waals surface area contributed by atoms with E-state index < -0.39 is 0 Å². The van der Waals surface area contributed by atoms with Crippen molar-refractivity contribution < 1.29 is 9.47 Å². The summed E-state index contributed by atoms with van der Waals surface area (Å²) in [5, 5.41) is 6.77. The number of rotatable bonds is 9. The number of hydrogen-bond acceptors (Lipinski definition) is 4. The third-order valence-corrected chi connectivity index (χ3v) is 4.85. The molecule has 2 saturated heterocycles. The zero-order valence-electron chi connectivity index (χ0n) is 15.6. The minimum absolute atomic E-state index is 0.392. The van der Waals surface area contributed by atoms with E-state index in [-0.39, 0.29) is 0 Å². The van der Waals surface area contributed by atoms with Crippen molar-refractivity contribution in [2.75, 3.05) is 52.5 Å². The van der Waals surface area contributed by atoms with Gasteiger partial charge in [0, 0.05) is 39.0 Å². The Morgan fingerprint density at radius 3 is 2.79 bits per heavy atom. The van der Waals surface area contributed by atoms with Crippen LogP contribution in [0.4, 0.5) is 0 Å². The lowest BCUT2D eigenvalue weighted by atomic mass is 10.1. The highest BCUT2D eigenvalue weighted by Crippen LogP contribution is 2.16. The molecule has 0 aromatic rings. The second-order valence-electron chi connectivity index (χ2n) is 6.61. The Balaban J connectivity index is 1.62. The Hall–Kier alpha value is -0.850. The van der Waals surface area contributed by atoms with Crippen LogP contribution in [0.3, 0.4) is 0 Å². The number of likely N-dealkylation sites (N-methyl/N-ethyl adjacent to an activating group) is 1. The summed E-state index contributed by atoms with van der Waals surface area (Å²) in [5.74, 6) is 0.937. The van der Waals surface area contributed by atoms with Gasteiger partial charge >= 0.3 is 0 Å². The van der Waals surface area contributed by atoms with Gasteiger partial charge in [0.2, 0.25) is 0 Å². The molecular weight excluding hydrogens is 304 g/mol. The molecule has 2 aliphatic rings. The van der Waals surface area contributed by atoms with Crippen LogP contribution < -0.4 is 10.6 Å². The minimum Gasteiger partial charge on any atom is -0.381 e. The lowest BCUT2D eigenvalue weighted by Crippen LogP contribution is -2.40. The number of aliphatic imine (C=N–C) groups is 1. The average molecular weight is 341 g/mol. The molecule has 0 aliphatic carbocycles. The monoisotopic (exact) mass is 340 g/mol. The zero-order chi connectivity index (χ0) is 17.0. The Kier molecular flexibility index (Phi) is 9.46. The van der Waals surface area contributed by atoms with E-state index in [0.29, 0.717) is 12.1 Å². The first kappa shape index (κ1) is 19.5. The molecule has 2 rings (SSSR count). The van der Waals surface area contributed by atoms with Crippen LogP contribution in [0, 0.1) is 0 Å². The first-order valence-corrected chi connectivity index (χ1v) is 9.79. The molecule has 2 fully saturated rings. The van der Waals surface area contributed by atoms with E-state index in [1.807, 2.05) is 0 Å². The van der Waals surface area contributed by atoms with Crippen molar-refractivity contribution in [3.8, 4) is 0 Å². The van der Waals surface area contributed by atoms with Crippen molar-refractivity contribution >= 4 is 5.96 Å². The molecule has 2 N–H and O–H groups in total. The average Bonchev–Trinajstić information content (AvgIpc) is 3.07. The molecule has 0 aromatic heterocycles. The van der Waals surface area contributed by atoms with Crippen LogP contribution in [-0.4, -0.2) is 75.5 Å². The van der Waals surface area contributed by atoms with Crippen molar-refractivity contribution in [2.24, 2.45) is 4.99 Å². The van der Waals surface area contributed by atoms with Crippen LogP contribution in [0.25, 0.3) is 0 Å². The number of nitrogens with one attached hydrogen (secondary N) is 2. The van der Waals surface area contributed by atoms with Gasteiger partial charge in [0.1, 0.15) is 0 Å². The summed E-state index contributed by atoms with van der Waals surface area (Å²) in [6.07, 6.45) is 6.05. The van der Waals surface area contributed by atoms with E-state index in [1.165, 1.54) is 19.4 Å². The van der Waals surface area contributed by atoms with Crippen molar-refractivity contribution in [2.45, 2.75) is 58.1 Å². The molecule has 0 aromatic carbocycles. The largest absolute Gasteiger partial charge is 0.381 e. The first-order chi connectivity index (χ1) is 11.8. The molecule has 24 heavy (non-hydrogen) atoms. The Morgan fingerprint density at radius 2 is 2.04 bits per heavy atom. The summed E-state index contributed by atoms with van der Waals surface area (Å²) in [7, 11) is 0. The normalized spacial score (nSPS) is 23.6. The highest BCUT2D eigenvalue weighted by molar-refractivity contribution is 5.79. The van der Waals surface area contributed by atoms with Gasteiger partial charge in [0.05, 0.1) is 12.6 Å². The molecule has 0 bridgehead atoms. The Bertz CT molecular complexity index is 359. The summed E-state index contributed by atoms with van der Waals surface area (Å²) < 4.78 is 11.3. The quantitative estimate of drug-likeness (QED) is 0.379. The maximum Gasteiger partial charge on any atom is 0.191 e. The van der Waals surface area contributed by atoms with E-state index in [1.54, 1.807) is 0 Å². The topological polar surface area (TPSA) is 58.1 Å². The Morgan fingerprint density at radius 1 is 1.21 bits per heavy atom. The van der Waals surface area contributed by atoms with E-state index >= 15 is 0 Å². The molecule has 0 spiro atoms. The SMILES string of the molecule is CCNC(=NCC1CCCN1CC)NCCCOC1CCOCC1. The van der Waals surface area contributed by atoms with Crippen molar-refractivity contribution in [1.29, 1.82) is 0 Å². The molecule has 1 unspecified atom stereocenters. The fourth-order valence-electron chi connectivity index (χ4n) is 3.43. The van der Waals surface area contributed by atoms with Gasteiger partial charge in [-0.2, -0.15) is 0 Å². The van der Waals surface area contributed by atoms with E-state index in [4.69, 9.17) is 14.5 Å². The maximum absolute atomic E-state index is 5.91. The first-order valence-electron chi connectivity index (χ1n) is 9.79. The van der Waals surface area contributed by atoms with Gasteiger partial charge < -0.3 is 20.1 Å². The second kappa shape index (κ2) is 11.7. The predicted octanol–water partition coefficient (Wildman–Crippen LogP) is 1.61. The number of ether oxygens (including phenoxy) is 2. The van der Waals surface area contributed by atoms with Crippen LogP contribution in [-0.2, 0) is 9.47 Å².